The van der Waals surface area contributed by atoms with Crippen LogP contribution in [0.3, 0.4) is 0 Å². The van der Waals surface area contributed by atoms with Gasteiger partial charge in [-0.3, -0.25) is 5.10 Å². The highest BCUT2D eigenvalue weighted by molar-refractivity contribution is 6.00. The number of H-pyrrole nitrogens is 1. The van der Waals surface area contributed by atoms with Crippen molar-refractivity contribution in [2.24, 2.45) is 0 Å². The molecule has 0 saturated heterocycles. The molecule has 19 heavy (non-hydrogen) atoms. The van der Waals surface area contributed by atoms with Crippen LogP contribution in [0.1, 0.15) is 0 Å². The van der Waals surface area contributed by atoms with Crippen molar-refractivity contribution in [2.45, 2.75) is 0 Å². The van der Waals surface area contributed by atoms with E-state index in [1.165, 1.54) is 0 Å². The van der Waals surface area contributed by atoms with Crippen LogP contribution in [0.15, 0.2) is 30.6 Å². The summed E-state index contributed by atoms with van der Waals surface area (Å²) in [5.74, 6) is 0.482. The summed E-state index contributed by atoms with van der Waals surface area (Å²) in [5, 5.41) is 8.26. The fourth-order valence-electron chi connectivity index (χ4n) is 2.12. The lowest BCUT2D eigenvalue weighted by Gasteiger charge is -2.13. The van der Waals surface area contributed by atoms with Crippen LogP contribution in [0.4, 0.5) is 11.5 Å². The summed E-state index contributed by atoms with van der Waals surface area (Å²) in [6.45, 7) is 0. The third-order valence-electron chi connectivity index (χ3n) is 2.98. The number of aromatic nitrogens is 4. The number of anilines is 2. The second-order valence-electron chi connectivity index (χ2n) is 4.49. The molecule has 3 aromatic rings. The van der Waals surface area contributed by atoms with Crippen LogP contribution in [-0.2, 0) is 0 Å². The lowest BCUT2D eigenvalue weighted by molar-refractivity contribution is 1.10. The zero-order valence-electron chi connectivity index (χ0n) is 10.8. The molecule has 3 heterocycles. The molecule has 0 unspecified atom stereocenters. The fraction of sp³-hybridized carbons (Fsp3) is 0.154. The van der Waals surface area contributed by atoms with E-state index in [1.54, 1.807) is 12.4 Å². The maximum Gasteiger partial charge on any atom is 0.183 e. The quantitative estimate of drug-likeness (QED) is 0.726. The minimum Gasteiger partial charge on any atom is -0.384 e. The molecule has 0 aliphatic rings. The minimum atomic E-state index is 0.482. The summed E-state index contributed by atoms with van der Waals surface area (Å²) >= 11 is 0. The Hall–Kier alpha value is -2.63. The molecule has 0 amide bonds. The van der Waals surface area contributed by atoms with Gasteiger partial charge < -0.3 is 10.6 Å². The summed E-state index contributed by atoms with van der Waals surface area (Å²) in [4.78, 5) is 10.3. The second kappa shape index (κ2) is 4.24. The predicted octanol–water partition coefficient (Wildman–Crippen LogP) is 1.67. The Balaban J connectivity index is 2.30. The van der Waals surface area contributed by atoms with Gasteiger partial charge in [-0.1, -0.05) is 0 Å². The lowest BCUT2D eigenvalue weighted by atomic mass is 10.1. The van der Waals surface area contributed by atoms with E-state index in [0.29, 0.717) is 11.5 Å². The number of nitrogen functional groups attached to an aromatic ring is 1. The molecular formula is C13H14N6. The van der Waals surface area contributed by atoms with Crippen LogP contribution < -0.4 is 10.6 Å². The summed E-state index contributed by atoms with van der Waals surface area (Å²) < 4.78 is 0. The SMILES string of the molecule is CN(C)c1ccnc2n[nH]c(-c3ccnc(N)c3)c12. The van der Waals surface area contributed by atoms with E-state index in [9.17, 15) is 0 Å². The Morgan fingerprint density at radius 3 is 2.68 bits per heavy atom. The van der Waals surface area contributed by atoms with Crippen LogP contribution in [0, 0.1) is 0 Å². The van der Waals surface area contributed by atoms with Crippen molar-refractivity contribution < 1.29 is 0 Å². The monoisotopic (exact) mass is 254 g/mol. The van der Waals surface area contributed by atoms with Crippen molar-refractivity contribution in [3.63, 3.8) is 0 Å². The third kappa shape index (κ3) is 1.87. The van der Waals surface area contributed by atoms with Gasteiger partial charge in [0, 0.05) is 32.1 Å². The van der Waals surface area contributed by atoms with Gasteiger partial charge >= 0.3 is 0 Å². The molecule has 0 fully saturated rings. The average Bonchev–Trinajstić information content (AvgIpc) is 2.82. The standard InChI is InChI=1S/C13H14N6/c1-19(2)9-4-6-16-13-11(9)12(17-18-13)8-3-5-15-10(14)7-8/h3-7H,1-2H3,(H2,14,15)(H,16,17,18). The maximum absolute atomic E-state index is 5.74. The van der Waals surface area contributed by atoms with Gasteiger partial charge in [0.25, 0.3) is 0 Å². The molecule has 96 valence electrons. The van der Waals surface area contributed by atoms with Gasteiger partial charge in [0.15, 0.2) is 5.65 Å². The molecule has 0 saturated carbocycles. The van der Waals surface area contributed by atoms with Gasteiger partial charge in [-0.15, -0.1) is 0 Å². The molecule has 6 nitrogen and oxygen atoms in total. The van der Waals surface area contributed by atoms with E-state index < -0.39 is 0 Å². The van der Waals surface area contributed by atoms with E-state index in [4.69, 9.17) is 5.73 Å². The summed E-state index contributed by atoms with van der Waals surface area (Å²) in [6, 6.07) is 5.68. The van der Waals surface area contributed by atoms with Gasteiger partial charge in [-0.05, 0) is 18.2 Å². The van der Waals surface area contributed by atoms with E-state index in [1.807, 2.05) is 37.2 Å². The Labute approximate surface area is 110 Å². The Morgan fingerprint density at radius 2 is 1.95 bits per heavy atom. The first-order valence-electron chi connectivity index (χ1n) is 5.89. The number of aromatic amines is 1. The predicted molar refractivity (Wildman–Crippen MR) is 75.9 cm³/mol. The van der Waals surface area contributed by atoms with Crippen molar-refractivity contribution in [3.8, 4) is 11.3 Å². The largest absolute Gasteiger partial charge is 0.384 e. The number of hydrogen-bond acceptors (Lipinski definition) is 5. The fourth-order valence-corrected chi connectivity index (χ4v) is 2.12. The number of nitrogens with one attached hydrogen (secondary N) is 1. The first kappa shape index (κ1) is 11.5. The molecule has 3 N–H and O–H groups in total. The summed E-state index contributed by atoms with van der Waals surface area (Å²) in [6.07, 6.45) is 3.44. The zero-order valence-corrected chi connectivity index (χ0v) is 10.8. The Bertz CT molecular complexity index is 731. The number of rotatable bonds is 2. The van der Waals surface area contributed by atoms with Gasteiger partial charge in [0.1, 0.15) is 5.82 Å². The molecule has 3 rings (SSSR count). The molecule has 6 heteroatoms. The van der Waals surface area contributed by atoms with Gasteiger partial charge in [-0.2, -0.15) is 5.10 Å². The van der Waals surface area contributed by atoms with Crippen molar-refractivity contribution >= 4 is 22.5 Å². The molecule has 3 aromatic heterocycles. The smallest absolute Gasteiger partial charge is 0.183 e. The van der Waals surface area contributed by atoms with Crippen molar-refractivity contribution in [3.05, 3.63) is 30.6 Å². The number of nitrogens with two attached hydrogens (primary N) is 1. The highest BCUT2D eigenvalue weighted by atomic mass is 15.2. The van der Waals surface area contributed by atoms with E-state index >= 15 is 0 Å². The minimum absolute atomic E-state index is 0.482. The second-order valence-corrected chi connectivity index (χ2v) is 4.49. The van der Waals surface area contributed by atoms with Gasteiger partial charge in [0.2, 0.25) is 0 Å². The van der Waals surface area contributed by atoms with Gasteiger partial charge in [-0.25, -0.2) is 9.97 Å². The lowest BCUT2D eigenvalue weighted by Crippen LogP contribution is -2.09. The number of hydrogen-bond donors (Lipinski definition) is 2. The first-order valence-corrected chi connectivity index (χ1v) is 5.89. The topological polar surface area (TPSA) is 83.7 Å². The zero-order chi connectivity index (χ0) is 13.4. The van der Waals surface area contributed by atoms with Crippen LogP contribution in [0.5, 0.6) is 0 Å². The van der Waals surface area contributed by atoms with Crippen molar-refractivity contribution in [1.29, 1.82) is 0 Å². The Kier molecular flexibility index (Phi) is 2.56. The third-order valence-corrected chi connectivity index (χ3v) is 2.98. The molecule has 0 bridgehead atoms. The molecule has 0 aliphatic carbocycles. The van der Waals surface area contributed by atoms with Gasteiger partial charge in [0.05, 0.1) is 16.8 Å². The van der Waals surface area contributed by atoms with Crippen LogP contribution in [0.2, 0.25) is 0 Å². The summed E-state index contributed by atoms with van der Waals surface area (Å²) in [5.41, 5.74) is 9.34. The van der Waals surface area contributed by atoms with Crippen LogP contribution >= 0.6 is 0 Å². The van der Waals surface area contributed by atoms with E-state index in [-0.39, 0.29) is 0 Å². The summed E-state index contributed by atoms with van der Waals surface area (Å²) in [7, 11) is 3.99. The Morgan fingerprint density at radius 1 is 1.16 bits per heavy atom. The number of fused-ring (bicyclic) bond motifs is 1. The molecule has 0 atom stereocenters. The molecule has 0 radical (unpaired) electrons. The first-order chi connectivity index (χ1) is 9.16. The number of nitrogens with zero attached hydrogens (tertiary/aromatic N) is 4. The normalized spacial score (nSPS) is 10.8. The van der Waals surface area contributed by atoms with Crippen LogP contribution in [-0.4, -0.2) is 34.3 Å². The highest BCUT2D eigenvalue weighted by Gasteiger charge is 2.14. The molecule has 0 aliphatic heterocycles. The van der Waals surface area contributed by atoms with Crippen molar-refractivity contribution in [2.75, 3.05) is 24.7 Å². The number of pyridine rings is 2. The maximum atomic E-state index is 5.74. The van der Waals surface area contributed by atoms with Crippen LogP contribution in [0.25, 0.3) is 22.3 Å². The molecular weight excluding hydrogens is 240 g/mol. The van der Waals surface area contributed by atoms with E-state index in [0.717, 1.165) is 22.3 Å². The molecule has 0 aromatic carbocycles. The van der Waals surface area contributed by atoms with Crippen molar-refractivity contribution in [1.82, 2.24) is 20.2 Å². The molecule has 0 spiro atoms. The highest BCUT2D eigenvalue weighted by Crippen LogP contribution is 2.32. The average molecular weight is 254 g/mol. The van der Waals surface area contributed by atoms with E-state index in [2.05, 4.69) is 20.2 Å².